The van der Waals surface area contributed by atoms with E-state index in [1.807, 2.05) is 0 Å². The van der Waals surface area contributed by atoms with Gasteiger partial charge in [-0.1, -0.05) is 12.1 Å². The van der Waals surface area contributed by atoms with E-state index < -0.39 is 26.6 Å². The lowest BCUT2D eigenvalue weighted by Crippen LogP contribution is -2.50. The van der Waals surface area contributed by atoms with E-state index in [1.54, 1.807) is 17.0 Å². The summed E-state index contributed by atoms with van der Waals surface area (Å²) in [5.41, 5.74) is 0.836. The molecule has 0 saturated carbocycles. The van der Waals surface area contributed by atoms with Crippen LogP contribution >= 0.6 is 0 Å². The first-order valence-electron chi connectivity index (χ1n) is 8.75. The molecule has 0 atom stereocenters. The van der Waals surface area contributed by atoms with E-state index in [-0.39, 0.29) is 44.3 Å². The zero-order valence-corrected chi connectivity index (χ0v) is 15.8. The number of hydrogen-bond acceptors (Lipinski definition) is 3. The third kappa shape index (κ3) is 4.53. The van der Waals surface area contributed by atoms with Crippen molar-refractivity contribution in [3.05, 3.63) is 65.5 Å². The molecule has 2 aromatic carbocycles. The first-order chi connectivity index (χ1) is 13.3. The minimum absolute atomic E-state index is 0.0292. The molecule has 0 unspecified atom stereocenters. The van der Waals surface area contributed by atoms with Crippen molar-refractivity contribution in [3.8, 4) is 0 Å². The van der Waals surface area contributed by atoms with Crippen molar-refractivity contribution in [1.29, 1.82) is 0 Å². The molecule has 1 aliphatic heterocycles. The molecule has 28 heavy (non-hydrogen) atoms. The number of carbonyl (C=O) groups is 1. The van der Waals surface area contributed by atoms with Crippen molar-refractivity contribution in [2.75, 3.05) is 26.2 Å². The van der Waals surface area contributed by atoms with Gasteiger partial charge in [0.25, 0.3) is 0 Å². The van der Waals surface area contributed by atoms with Crippen molar-refractivity contribution >= 4 is 15.9 Å². The third-order valence-electron chi connectivity index (χ3n) is 4.64. The lowest BCUT2D eigenvalue weighted by atomic mass is 10.1. The predicted molar refractivity (Wildman–Crippen MR) is 96.4 cm³/mol. The van der Waals surface area contributed by atoms with Crippen LogP contribution in [0.25, 0.3) is 0 Å². The molecular formula is C19H19F3N2O3S. The average Bonchev–Trinajstić information content (AvgIpc) is 2.67. The summed E-state index contributed by atoms with van der Waals surface area (Å²) >= 11 is 0. The number of amides is 1. The monoisotopic (exact) mass is 412 g/mol. The van der Waals surface area contributed by atoms with Gasteiger partial charge in [-0.15, -0.1) is 0 Å². The molecule has 1 heterocycles. The van der Waals surface area contributed by atoms with Crippen LogP contribution < -0.4 is 0 Å². The number of nitrogens with zero attached hydrogens (tertiary/aromatic N) is 2. The normalized spacial score (nSPS) is 15.6. The molecule has 0 spiro atoms. The van der Waals surface area contributed by atoms with Crippen LogP contribution in [0.2, 0.25) is 0 Å². The first kappa shape index (κ1) is 20.3. The molecule has 0 bridgehead atoms. The summed E-state index contributed by atoms with van der Waals surface area (Å²) in [6.07, 6.45) is 0.684. The summed E-state index contributed by atoms with van der Waals surface area (Å²) in [6, 6.07) is 8.22. The maximum absolute atomic E-state index is 13.9. The van der Waals surface area contributed by atoms with Crippen molar-refractivity contribution in [2.45, 2.75) is 17.7 Å². The number of aryl methyl sites for hydroxylation is 1. The topological polar surface area (TPSA) is 57.7 Å². The predicted octanol–water partition coefficient (Wildman–Crippen LogP) is 2.57. The number of piperazine rings is 1. The lowest BCUT2D eigenvalue weighted by Gasteiger charge is -2.34. The van der Waals surface area contributed by atoms with E-state index in [0.717, 1.165) is 22.0 Å². The van der Waals surface area contributed by atoms with Gasteiger partial charge in [-0.3, -0.25) is 4.79 Å². The molecule has 0 radical (unpaired) electrons. The van der Waals surface area contributed by atoms with Crippen LogP contribution in [0.15, 0.2) is 47.4 Å². The molecule has 9 heteroatoms. The van der Waals surface area contributed by atoms with Gasteiger partial charge in [0.1, 0.15) is 22.3 Å². The van der Waals surface area contributed by atoms with Gasteiger partial charge in [0, 0.05) is 38.7 Å². The molecule has 3 rings (SSSR count). The highest BCUT2D eigenvalue weighted by atomic mass is 32.2. The Morgan fingerprint density at radius 2 is 1.50 bits per heavy atom. The molecule has 1 saturated heterocycles. The minimum Gasteiger partial charge on any atom is -0.340 e. The second-order valence-electron chi connectivity index (χ2n) is 6.49. The number of halogens is 3. The van der Waals surface area contributed by atoms with Crippen molar-refractivity contribution in [2.24, 2.45) is 0 Å². The summed E-state index contributed by atoms with van der Waals surface area (Å²) in [5.74, 6) is -2.47. The largest absolute Gasteiger partial charge is 0.340 e. The molecule has 2 aromatic rings. The summed E-state index contributed by atoms with van der Waals surface area (Å²) in [4.78, 5) is 13.3. The number of hydrogen-bond donors (Lipinski definition) is 0. The van der Waals surface area contributed by atoms with E-state index in [1.165, 1.54) is 12.1 Å². The fraction of sp³-hybridized carbons (Fsp3) is 0.316. The second-order valence-corrected chi connectivity index (χ2v) is 8.39. The fourth-order valence-electron chi connectivity index (χ4n) is 3.06. The van der Waals surface area contributed by atoms with Crippen LogP contribution in [-0.2, 0) is 21.2 Å². The SMILES string of the molecule is O=C(CCc1ccc(F)cc1)N1CCN(S(=O)(=O)c2ccc(F)cc2F)CC1. The maximum atomic E-state index is 13.9. The van der Waals surface area contributed by atoms with Gasteiger partial charge in [0.15, 0.2) is 0 Å². The Hall–Kier alpha value is -2.39. The van der Waals surface area contributed by atoms with E-state index in [2.05, 4.69) is 0 Å². The number of carbonyl (C=O) groups excluding carboxylic acids is 1. The highest BCUT2D eigenvalue weighted by Gasteiger charge is 2.31. The Balaban J connectivity index is 1.57. The Kier molecular flexibility index (Phi) is 6.04. The molecule has 1 aliphatic rings. The third-order valence-corrected chi connectivity index (χ3v) is 6.58. The van der Waals surface area contributed by atoms with Crippen molar-refractivity contribution in [1.82, 2.24) is 9.21 Å². The van der Waals surface area contributed by atoms with Crippen LogP contribution in [0.5, 0.6) is 0 Å². The maximum Gasteiger partial charge on any atom is 0.246 e. The van der Waals surface area contributed by atoms with E-state index in [0.29, 0.717) is 12.5 Å². The van der Waals surface area contributed by atoms with Gasteiger partial charge in [0.05, 0.1) is 0 Å². The highest BCUT2D eigenvalue weighted by Crippen LogP contribution is 2.21. The zero-order chi connectivity index (χ0) is 20.3. The molecular weight excluding hydrogens is 393 g/mol. The number of rotatable bonds is 5. The van der Waals surface area contributed by atoms with E-state index in [9.17, 15) is 26.4 Å². The average molecular weight is 412 g/mol. The van der Waals surface area contributed by atoms with Crippen LogP contribution in [0, 0.1) is 17.5 Å². The first-order valence-corrected chi connectivity index (χ1v) is 10.2. The van der Waals surface area contributed by atoms with Crippen molar-refractivity contribution < 1.29 is 26.4 Å². The van der Waals surface area contributed by atoms with E-state index >= 15 is 0 Å². The molecule has 150 valence electrons. The molecule has 0 N–H and O–H groups in total. The summed E-state index contributed by atoms with van der Waals surface area (Å²) in [5, 5.41) is 0. The van der Waals surface area contributed by atoms with Crippen molar-refractivity contribution in [3.63, 3.8) is 0 Å². The molecule has 1 amide bonds. The molecule has 1 fully saturated rings. The van der Waals surface area contributed by atoms with Crippen LogP contribution in [0.4, 0.5) is 13.2 Å². The van der Waals surface area contributed by atoms with Gasteiger partial charge >= 0.3 is 0 Å². The minimum atomic E-state index is -4.10. The zero-order valence-electron chi connectivity index (χ0n) is 14.9. The van der Waals surface area contributed by atoms with Gasteiger partial charge in [-0.05, 0) is 36.2 Å². The Morgan fingerprint density at radius 3 is 2.11 bits per heavy atom. The summed E-state index contributed by atoms with van der Waals surface area (Å²) < 4.78 is 66.0. The smallest absolute Gasteiger partial charge is 0.246 e. The molecule has 0 aliphatic carbocycles. The van der Waals surface area contributed by atoms with Gasteiger partial charge < -0.3 is 4.90 Å². The molecule has 0 aromatic heterocycles. The second kappa shape index (κ2) is 8.32. The van der Waals surface area contributed by atoms with Crippen LogP contribution in [0.3, 0.4) is 0 Å². The van der Waals surface area contributed by atoms with Crippen LogP contribution in [-0.4, -0.2) is 49.7 Å². The van der Waals surface area contributed by atoms with E-state index in [4.69, 9.17) is 0 Å². The lowest BCUT2D eigenvalue weighted by molar-refractivity contribution is -0.132. The van der Waals surface area contributed by atoms with Gasteiger partial charge in [-0.2, -0.15) is 4.31 Å². The number of sulfonamides is 1. The Morgan fingerprint density at radius 1 is 0.893 bits per heavy atom. The highest BCUT2D eigenvalue weighted by molar-refractivity contribution is 7.89. The fourth-order valence-corrected chi connectivity index (χ4v) is 4.53. The standard InChI is InChI=1S/C19H19F3N2O3S/c20-15-4-1-14(2-5-15)3-8-19(25)23-9-11-24(12-10-23)28(26,27)18-7-6-16(21)13-17(18)22/h1-2,4-7,13H,3,8-12H2. The van der Waals surface area contributed by atoms with Crippen LogP contribution in [0.1, 0.15) is 12.0 Å². The summed E-state index contributed by atoms with van der Waals surface area (Å²) in [6.45, 7) is 0.428. The molecule has 5 nitrogen and oxygen atoms in total. The Bertz CT molecular complexity index is 957. The Labute approximate surface area is 161 Å². The number of benzene rings is 2. The van der Waals surface area contributed by atoms with Gasteiger partial charge in [0.2, 0.25) is 15.9 Å². The van der Waals surface area contributed by atoms with Gasteiger partial charge in [-0.25, -0.2) is 21.6 Å². The summed E-state index contributed by atoms with van der Waals surface area (Å²) in [7, 11) is -4.10. The quantitative estimate of drug-likeness (QED) is 0.759.